The van der Waals surface area contributed by atoms with E-state index >= 15 is 0 Å². The molecule has 0 amide bonds. The molecule has 0 saturated carbocycles. The van der Waals surface area contributed by atoms with Crippen LogP contribution in [0.3, 0.4) is 0 Å². The number of aryl methyl sites for hydroxylation is 1. The lowest BCUT2D eigenvalue weighted by atomic mass is 10.2. The maximum atomic E-state index is 11.7. The Balaban J connectivity index is 0.00000529. The van der Waals surface area contributed by atoms with E-state index in [0.717, 1.165) is 30.9 Å². The molecule has 24 heavy (non-hydrogen) atoms. The lowest BCUT2D eigenvalue weighted by Gasteiger charge is -2.19. The van der Waals surface area contributed by atoms with Crippen molar-refractivity contribution in [1.82, 2.24) is 15.6 Å². The van der Waals surface area contributed by atoms with Gasteiger partial charge in [-0.25, -0.2) is 9.98 Å². The summed E-state index contributed by atoms with van der Waals surface area (Å²) in [6.45, 7) is 11.1. The topological polar surface area (TPSA) is 75.6 Å². The number of rotatable bonds is 7. The van der Waals surface area contributed by atoms with Crippen LogP contribution in [0.15, 0.2) is 11.2 Å². The highest BCUT2D eigenvalue weighted by molar-refractivity contribution is 14.0. The van der Waals surface area contributed by atoms with Crippen LogP contribution in [0.4, 0.5) is 0 Å². The van der Waals surface area contributed by atoms with Gasteiger partial charge in [0.1, 0.15) is 12.1 Å². The summed E-state index contributed by atoms with van der Waals surface area (Å²) < 4.78 is 5.25. The fourth-order valence-electron chi connectivity index (χ4n) is 1.77. The Labute approximate surface area is 165 Å². The number of halogens is 1. The number of aliphatic imine (C=N–C) groups is 1. The first-order valence-corrected chi connectivity index (χ1v) is 8.83. The van der Waals surface area contributed by atoms with E-state index in [4.69, 9.17) is 4.74 Å². The zero-order valence-corrected chi connectivity index (χ0v) is 18.3. The number of thiazole rings is 1. The van der Waals surface area contributed by atoms with Crippen molar-refractivity contribution in [1.29, 1.82) is 0 Å². The second-order valence-corrected chi connectivity index (χ2v) is 7.23. The molecule has 1 rings (SSSR count). The Morgan fingerprint density at radius 2 is 2.04 bits per heavy atom. The van der Waals surface area contributed by atoms with E-state index in [1.165, 1.54) is 4.88 Å². The SMILES string of the molecule is CCNC(=NCC(=O)OC(C)(C)C)NCCc1ncc(CC)s1.I. The Morgan fingerprint density at radius 3 is 2.58 bits per heavy atom. The number of guanidine groups is 1. The minimum atomic E-state index is -0.486. The zero-order chi connectivity index (χ0) is 17.3. The summed E-state index contributed by atoms with van der Waals surface area (Å²) in [5.41, 5.74) is -0.486. The van der Waals surface area contributed by atoms with Crippen LogP contribution in [0, 0.1) is 0 Å². The normalized spacial score (nSPS) is 11.6. The van der Waals surface area contributed by atoms with Gasteiger partial charge in [-0.15, -0.1) is 35.3 Å². The second-order valence-electron chi connectivity index (χ2n) is 6.03. The first-order chi connectivity index (χ1) is 10.8. The smallest absolute Gasteiger partial charge is 0.328 e. The number of aromatic nitrogens is 1. The van der Waals surface area contributed by atoms with Gasteiger partial charge in [0, 0.05) is 30.6 Å². The quantitative estimate of drug-likeness (QED) is 0.279. The number of hydrogen-bond acceptors (Lipinski definition) is 5. The average Bonchev–Trinajstić information content (AvgIpc) is 2.91. The third-order valence-corrected chi connectivity index (χ3v) is 3.91. The molecule has 1 heterocycles. The van der Waals surface area contributed by atoms with E-state index in [0.29, 0.717) is 5.96 Å². The van der Waals surface area contributed by atoms with Crippen molar-refractivity contribution in [3.63, 3.8) is 0 Å². The molecule has 0 atom stereocenters. The minimum absolute atomic E-state index is 0. The summed E-state index contributed by atoms with van der Waals surface area (Å²) in [5.74, 6) is 0.285. The number of hydrogen-bond donors (Lipinski definition) is 2. The Bertz CT molecular complexity index is 526. The maximum absolute atomic E-state index is 11.7. The molecule has 0 aromatic carbocycles. The molecule has 0 aliphatic rings. The van der Waals surface area contributed by atoms with Crippen LogP contribution >= 0.6 is 35.3 Å². The lowest BCUT2D eigenvalue weighted by molar-refractivity contribution is -0.152. The summed E-state index contributed by atoms with van der Waals surface area (Å²) in [6, 6.07) is 0. The van der Waals surface area contributed by atoms with Crippen molar-refractivity contribution in [3.8, 4) is 0 Å². The number of ether oxygens (including phenoxy) is 1. The predicted molar refractivity (Wildman–Crippen MR) is 110 cm³/mol. The van der Waals surface area contributed by atoms with Gasteiger partial charge < -0.3 is 15.4 Å². The molecule has 0 radical (unpaired) electrons. The van der Waals surface area contributed by atoms with Gasteiger partial charge in [0.15, 0.2) is 5.96 Å². The molecule has 0 fully saturated rings. The number of nitrogens with zero attached hydrogens (tertiary/aromatic N) is 2. The van der Waals surface area contributed by atoms with E-state index < -0.39 is 5.60 Å². The van der Waals surface area contributed by atoms with Crippen molar-refractivity contribution in [2.75, 3.05) is 19.6 Å². The molecular formula is C16H29IN4O2S. The van der Waals surface area contributed by atoms with Gasteiger partial charge in [0.25, 0.3) is 0 Å². The molecular weight excluding hydrogens is 439 g/mol. The molecule has 8 heteroatoms. The largest absolute Gasteiger partial charge is 0.459 e. The third kappa shape index (κ3) is 10.1. The fourth-order valence-corrected chi connectivity index (χ4v) is 2.64. The highest BCUT2D eigenvalue weighted by Gasteiger charge is 2.15. The predicted octanol–water partition coefficient (Wildman–Crippen LogP) is 2.76. The Morgan fingerprint density at radius 1 is 1.33 bits per heavy atom. The monoisotopic (exact) mass is 468 g/mol. The molecule has 6 nitrogen and oxygen atoms in total. The van der Waals surface area contributed by atoms with Gasteiger partial charge in [-0.2, -0.15) is 0 Å². The molecule has 1 aromatic heterocycles. The van der Waals surface area contributed by atoms with Crippen LogP contribution in [0.25, 0.3) is 0 Å². The van der Waals surface area contributed by atoms with Crippen molar-refractivity contribution in [2.45, 2.75) is 53.1 Å². The van der Waals surface area contributed by atoms with E-state index in [1.807, 2.05) is 33.9 Å². The highest BCUT2D eigenvalue weighted by atomic mass is 127. The molecule has 0 aliphatic heterocycles. The van der Waals surface area contributed by atoms with Crippen LogP contribution in [-0.2, 0) is 22.4 Å². The van der Waals surface area contributed by atoms with E-state index in [9.17, 15) is 4.79 Å². The average molecular weight is 468 g/mol. The molecule has 0 aliphatic carbocycles. The summed E-state index contributed by atoms with van der Waals surface area (Å²) in [5, 5.41) is 7.44. The number of carbonyl (C=O) groups is 1. The second kappa shape index (κ2) is 11.6. The van der Waals surface area contributed by atoms with Gasteiger partial charge in [0.2, 0.25) is 0 Å². The molecule has 1 aromatic rings. The first-order valence-electron chi connectivity index (χ1n) is 8.01. The number of carbonyl (C=O) groups excluding carboxylic acids is 1. The Hall–Kier alpha value is -0.900. The summed E-state index contributed by atoms with van der Waals surface area (Å²) >= 11 is 1.74. The van der Waals surface area contributed by atoms with Gasteiger partial charge in [-0.05, 0) is 34.1 Å². The van der Waals surface area contributed by atoms with Gasteiger partial charge >= 0.3 is 5.97 Å². The van der Waals surface area contributed by atoms with Crippen molar-refractivity contribution < 1.29 is 9.53 Å². The molecule has 138 valence electrons. The lowest BCUT2D eigenvalue weighted by Crippen LogP contribution is -2.39. The van der Waals surface area contributed by atoms with Crippen LogP contribution in [0.5, 0.6) is 0 Å². The molecule has 0 saturated heterocycles. The highest BCUT2D eigenvalue weighted by Crippen LogP contribution is 2.13. The van der Waals surface area contributed by atoms with Crippen LogP contribution in [-0.4, -0.2) is 42.1 Å². The van der Waals surface area contributed by atoms with Crippen molar-refractivity contribution in [2.24, 2.45) is 4.99 Å². The summed E-state index contributed by atoms with van der Waals surface area (Å²) in [4.78, 5) is 21.6. The maximum Gasteiger partial charge on any atom is 0.328 e. The van der Waals surface area contributed by atoms with Crippen LogP contribution in [0.1, 0.15) is 44.5 Å². The van der Waals surface area contributed by atoms with Crippen molar-refractivity contribution in [3.05, 3.63) is 16.1 Å². The minimum Gasteiger partial charge on any atom is -0.459 e. The van der Waals surface area contributed by atoms with E-state index in [2.05, 4.69) is 27.5 Å². The van der Waals surface area contributed by atoms with Gasteiger partial charge in [-0.1, -0.05) is 6.92 Å². The number of esters is 1. The standard InChI is InChI=1S/C16H28N4O2S.HI/c1-6-12-10-19-13(23-12)8-9-18-15(17-7-2)20-11-14(21)22-16(3,4)5;/h10H,6-9,11H2,1-5H3,(H2,17,18,20);1H. The molecule has 2 N–H and O–H groups in total. The molecule has 0 bridgehead atoms. The number of nitrogens with one attached hydrogen (secondary N) is 2. The van der Waals surface area contributed by atoms with Crippen molar-refractivity contribution >= 4 is 47.2 Å². The zero-order valence-electron chi connectivity index (χ0n) is 15.1. The van der Waals surface area contributed by atoms with Gasteiger partial charge in [0.05, 0.1) is 5.01 Å². The van der Waals surface area contributed by atoms with Crippen LogP contribution < -0.4 is 10.6 Å². The molecule has 0 unspecified atom stereocenters. The summed E-state index contributed by atoms with van der Waals surface area (Å²) in [6.07, 6.45) is 3.79. The first kappa shape index (κ1) is 23.1. The Kier molecular flexibility index (Phi) is 11.2. The van der Waals surface area contributed by atoms with Crippen LogP contribution in [0.2, 0.25) is 0 Å². The molecule has 0 spiro atoms. The van der Waals surface area contributed by atoms with Gasteiger partial charge in [-0.3, -0.25) is 4.79 Å². The summed E-state index contributed by atoms with van der Waals surface area (Å²) in [7, 11) is 0. The fraction of sp³-hybridized carbons (Fsp3) is 0.688. The van der Waals surface area contributed by atoms with E-state index in [1.54, 1.807) is 11.3 Å². The third-order valence-electron chi connectivity index (χ3n) is 2.71. The van der Waals surface area contributed by atoms with E-state index in [-0.39, 0.29) is 36.5 Å².